The Labute approximate surface area is 206 Å². The molecule has 1 aliphatic rings. The fourth-order valence-corrected chi connectivity index (χ4v) is 4.78. The monoisotopic (exact) mass is 508 g/mol. The largest absolute Gasteiger partial charge is 0.431 e. The van der Waals surface area contributed by atoms with E-state index in [9.17, 15) is 18.0 Å². The average molecular weight is 509 g/mol. The van der Waals surface area contributed by atoms with Crippen molar-refractivity contribution < 1.29 is 27.1 Å². The van der Waals surface area contributed by atoms with E-state index < -0.39 is 29.2 Å². The van der Waals surface area contributed by atoms with Gasteiger partial charge < -0.3 is 14.2 Å². The third kappa shape index (κ3) is 5.09. The standard InChI is InChI=1S/C26H25ClF4N2O2/c1-16-21(19-10-9-18(27)13-20(19)28)22(24(34)32-11-12-35-25(2,3)15-32)33(23(16)26(29,30)31)14-17-7-5-4-6-8-17/h4-10,13H,11-12,14-15H2,1-3H3. The van der Waals surface area contributed by atoms with Gasteiger partial charge in [0.05, 0.1) is 12.2 Å². The van der Waals surface area contributed by atoms with Gasteiger partial charge in [0.25, 0.3) is 5.91 Å². The molecule has 2 aromatic carbocycles. The van der Waals surface area contributed by atoms with Crippen molar-refractivity contribution in [1.82, 2.24) is 9.47 Å². The Morgan fingerprint density at radius 3 is 2.43 bits per heavy atom. The summed E-state index contributed by atoms with van der Waals surface area (Å²) in [7, 11) is 0. The molecule has 1 amide bonds. The summed E-state index contributed by atoms with van der Waals surface area (Å²) in [6, 6.07) is 12.3. The van der Waals surface area contributed by atoms with Crippen molar-refractivity contribution in [3.05, 3.63) is 81.9 Å². The van der Waals surface area contributed by atoms with Crippen LogP contribution in [0.15, 0.2) is 48.5 Å². The lowest BCUT2D eigenvalue weighted by atomic mass is 9.99. The van der Waals surface area contributed by atoms with Crippen LogP contribution in [0, 0.1) is 12.7 Å². The number of morpholine rings is 1. The van der Waals surface area contributed by atoms with Gasteiger partial charge in [0, 0.05) is 35.8 Å². The van der Waals surface area contributed by atoms with Crippen LogP contribution >= 0.6 is 11.6 Å². The SMILES string of the molecule is Cc1c(-c2ccc(Cl)cc2F)c(C(=O)N2CCOC(C)(C)C2)n(Cc2ccccc2)c1C(F)(F)F. The average Bonchev–Trinajstić information content (AvgIpc) is 3.05. The first kappa shape index (κ1) is 25.3. The molecule has 0 radical (unpaired) electrons. The minimum absolute atomic E-state index is 0.0864. The van der Waals surface area contributed by atoms with Gasteiger partial charge in [-0.15, -0.1) is 0 Å². The molecule has 4 rings (SSSR count). The molecule has 0 atom stereocenters. The lowest BCUT2D eigenvalue weighted by Crippen LogP contribution is -2.51. The van der Waals surface area contributed by atoms with E-state index in [1.54, 1.807) is 30.3 Å². The normalized spacial score (nSPS) is 15.9. The van der Waals surface area contributed by atoms with E-state index in [0.29, 0.717) is 5.56 Å². The first-order chi connectivity index (χ1) is 16.4. The predicted molar refractivity (Wildman–Crippen MR) is 126 cm³/mol. The molecule has 0 saturated carbocycles. The van der Waals surface area contributed by atoms with E-state index in [4.69, 9.17) is 16.3 Å². The van der Waals surface area contributed by atoms with Crippen LogP contribution in [0.1, 0.15) is 41.2 Å². The van der Waals surface area contributed by atoms with Gasteiger partial charge in [0.15, 0.2) is 0 Å². The van der Waals surface area contributed by atoms with Crippen molar-refractivity contribution in [2.75, 3.05) is 19.7 Å². The van der Waals surface area contributed by atoms with Crippen molar-refractivity contribution >= 4 is 17.5 Å². The molecule has 0 bridgehead atoms. The fraction of sp³-hybridized carbons (Fsp3) is 0.346. The molecule has 0 spiro atoms. The highest BCUT2D eigenvalue weighted by atomic mass is 35.5. The number of hydrogen-bond acceptors (Lipinski definition) is 2. The second-order valence-corrected chi connectivity index (χ2v) is 9.66. The van der Waals surface area contributed by atoms with Crippen LogP contribution < -0.4 is 0 Å². The summed E-state index contributed by atoms with van der Waals surface area (Å²) in [6.07, 6.45) is -4.78. The molecule has 1 fully saturated rings. The van der Waals surface area contributed by atoms with Gasteiger partial charge in [0.2, 0.25) is 0 Å². The maximum Gasteiger partial charge on any atom is 0.431 e. The van der Waals surface area contributed by atoms with Gasteiger partial charge in [-0.1, -0.05) is 41.9 Å². The number of benzene rings is 2. The quantitative estimate of drug-likeness (QED) is 0.373. The van der Waals surface area contributed by atoms with Crippen LogP contribution in [0.3, 0.4) is 0 Å². The van der Waals surface area contributed by atoms with Crippen LogP contribution in [-0.2, 0) is 17.5 Å². The summed E-state index contributed by atoms with van der Waals surface area (Å²) in [4.78, 5) is 15.4. The molecular formula is C26H25ClF4N2O2. The lowest BCUT2D eigenvalue weighted by Gasteiger charge is -2.38. The van der Waals surface area contributed by atoms with E-state index in [2.05, 4.69) is 0 Å². The first-order valence-corrected chi connectivity index (χ1v) is 11.5. The molecule has 0 N–H and O–H groups in total. The molecule has 3 aromatic rings. The van der Waals surface area contributed by atoms with Crippen LogP contribution in [0.4, 0.5) is 17.6 Å². The van der Waals surface area contributed by atoms with Gasteiger partial charge in [-0.25, -0.2) is 4.39 Å². The zero-order valence-electron chi connectivity index (χ0n) is 19.5. The number of carbonyl (C=O) groups is 1. The van der Waals surface area contributed by atoms with Crippen molar-refractivity contribution in [3.8, 4) is 11.1 Å². The molecular weight excluding hydrogens is 484 g/mol. The maximum atomic E-state index is 15.1. The molecule has 1 aliphatic heterocycles. The molecule has 35 heavy (non-hydrogen) atoms. The molecule has 9 heteroatoms. The van der Waals surface area contributed by atoms with Crippen molar-refractivity contribution in [2.45, 2.75) is 39.1 Å². The van der Waals surface area contributed by atoms with E-state index >= 15 is 4.39 Å². The van der Waals surface area contributed by atoms with Gasteiger partial charge in [-0.05, 0) is 50.1 Å². The number of halogens is 5. The van der Waals surface area contributed by atoms with Crippen LogP contribution in [0.5, 0.6) is 0 Å². The van der Waals surface area contributed by atoms with Gasteiger partial charge in [0.1, 0.15) is 17.2 Å². The predicted octanol–water partition coefficient (Wildman–Crippen LogP) is 6.57. The smallest absolute Gasteiger partial charge is 0.372 e. The lowest BCUT2D eigenvalue weighted by molar-refractivity contribution is -0.143. The second kappa shape index (κ2) is 9.32. The van der Waals surface area contributed by atoms with E-state index in [1.807, 2.05) is 13.8 Å². The van der Waals surface area contributed by atoms with Gasteiger partial charge in [-0.3, -0.25) is 4.79 Å². The highest BCUT2D eigenvalue weighted by molar-refractivity contribution is 6.30. The Kier molecular flexibility index (Phi) is 6.72. The fourth-order valence-electron chi connectivity index (χ4n) is 4.62. The number of hydrogen-bond donors (Lipinski definition) is 0. The summed E-state index contributed by atoms with van der Waals surface area (Å²) >= 11 is 5.90. The highest BCUT2D eigenvalue weighted by Crippen LogP contribution is 2.43. The van der Waals surface area contributed by atoms with E-state index in [-0.39, 0.29) is 53.6 Å². The molecule has 1 aromatic heterocycles. The van der Waals surface area contributed by atoms with Crippen molar-refractivity contribution in [1.29, 1.82) is 0 Å². The highest BCUT2D eigenvalue weighted by Gasteiger charge is 2.43. The number of rotatable bonds is 4. The topological polar surface area (TPSA) is 34.5 Å². The zero-order chi connectivity index (χ0) is 25.5. The zero-order valence-corrected chi connectivity index (χ0v) is 20.3. The summed E-state index contributed by atoms with van der Waals surface area (Å²) in [5.41, 5.74) is -1.70. The molecule has 0 unspecified atom stereocenters. The van der Waals surface area contributed by atoms with E-state index in [0.717, 1.165) is 10.6 Å². The number of nitrogens with zero attached hydrogens (tertiary/aromatic N) is 2. The Hall–Kier alpha value is -2.84. The molecule has 1 saturated heterocycles. The Balaban J connectivity index is 2.00. The summed E-state index contributed by atoms with van der Waals surface area (Å²) in [5, 5.41) is 0.103. The Bertz CT molecular complexity index is 1250. The van der Waals surface area contributed by atoms with Gasteiger partial charge in [-0.2, -0.15) is 13.2 Å². The third-order valence-corrected chi connectivity index (χ3v) is 6.31. The number of carbonyl (C=O) groups excluding carboxylic acids is 1. The van der Waals surface area contributed by atoms with E-state index in [1.165, 1.54) is 24.0 Å². The van der Waals surface area contributed by atoms with Crippen molar-refractivity contribution in [3.63, 3.8) is 0 Å². The summed E-state index contributed by atoms with van der Waals surface area (Å²) < 4.78 is 65.0. The summed E-state index contributed by atoms with van der Waals surface area (Å²) in [6.45, 7) is 5.32. The van der Waals surface area contributed by atoms with Crippen LogP contribution in [0.25, 0.3) is 11.1 Å². The minimum Gasteiger partial charge on any atom is -0.372 e. The minimum atomic E-state index is -4.78. The summed E-state index contributed by atoms with van der Waals surface area (Å²) in [5.74, 6) is -1.41. The maximum absolute atomic E-state index is 15.1. The van der Waals surface area contributed by atoms with Crippen molar-refractivity contribution in [2.24, 2.45) is 0 Å². The van der Waals surface area contributed by atoms with Crippen LogP contribution in [-0.4, -0.2) is 40.7 Å². The van der Waals surface area contributed by atoms with Gasteiger partial charge >= 0.3 is 6.18 Å². The third-order valence-electron chi connectivity index (χ3n) is 6.07. The number of alkyl halides is 3. The molecule has 2 heterocycles. The molecule has 0 aliphatic carbocycles. The molecule has 4 nitrogen and oxygen atoms in total. The van der Waals surface area contributed by atoms with Crippen LogP contribution in [0.2, 0.25) is 5.02 Å². The second-order valence-electron chi connectivity index (χ2n) is 9.23. The number of amides is 1. The Morgan fingerprint density at radius 1 is 1.14 bits per heavy atom. The molecule has 186 valence electrons. The number of ether oxygens (including phenoxy) is 1. The Morgan fingerprint density at radius 2 is 1.83 bits per heavy atom. The first-order valence-electron chi connectivity index (χ1n) is 11.1. The number of aromatic nitrogens is 1.